The van der Waals surface area contributed by atoms with Crippen molar-refractivity contribution in [3.05, 3.63) is 41.0 Å². The smallest absolute Gasteiger partial charge is 0.328 e. The largest absolute Gasteiger partial charge is 0.478 e. The van der Waals surface area contributed by atoms with E-state index in [2.05, 4.69) is 5.32 Å². The molecule has 1 aromatic carbocycles. The monoisotopic (exact) mass is 261 g/mol. The summed E-state index contributed by atoms with van der Waals surface area (Å²) in [6.07, 6.45) is 2.55. The standard InChI is InChI=1S/C15H19NO3/c1-10-5-6-12(14(19)16-15(2,3)4)9-11(10)7-8-13(17)18/h5-9H,1-4H3,(H,16,19)(H,17,18)/b8-7+. The zero-order valence-electron chi connectivity index (χ0n) is 11.7. The predicted molar refractivity (Wildman–Crippen MR) is 75.1 cm³/mol. The van der Waals surface area contributed by atoms with Gasteiger partial charge in [0.25, 0.3) is 5.91 Å². The quantitative estimate of drug-likeness (QED) is 0.822. The lowest BCUT2D eigenvalue weighted by molar-refractivity contribution is -0.131. The lowest BCUT2D eigenvalue weighted by Gasteiger charge is -2.20. The van der Waals surface area contributed by atoms with E-state index in [9.17, 15) is 9.59 Å². The molecule has 1 amide bonds. The number of hydrogen-bond acceptors (Lipinski definition) is 2. The van der Waals surface area contributed by atoms with Gasteiger partial charge in [-0.15, -0.1) is 0 Å². The van der Waals surface area contributed by atoms with E-state index in [1.54, 1.807) is 18.2 Å². The van der Waals surface area contributed by atoms with Crippen molar-refractivity contribution in [2.24, 2.45) is 0 Å². The van der Waals surface area contributed by atoms with E-state index >= 15 is 0 Å². The van der Waals surface area contributed by atoms with Gasteiger partial charge in [0, 0.05) is 17.2 Å². The summed E-state index contributed by atoms with van der Waals surface area (Å²) in [7, 11) is 0. The first kappa shape index (κ1) is 15.0. The van der Waals surface area contributed by atoms with Crippen molar-refractivity contribution in [3.63, 3.8) is 0 Å². The van der Waals surface area contributed by atoms with Crippen molar-refractivity contribution < 1.29 is 14.7 Å². The number of rotatable bonds is 3. The molecule has 0 aromatic heterocycles. The van der Waals surface area contributed by atoms with E-state index in [1.165, 1.54) is 6.08 Å². The van der Waals surface area contributed by atoms with Crippen molar-refractivity contribution in [2.75, 3.05) is 0 Å². The topological polar surface area (TPSA) is 66.4 Å². The molecule has 0 spiro atoms. The first-order valence-corrected chi connectivity index (χ1v) is 6.03. The maximum Gasteiger partial charge on any atom is 0.328 e. The summed E-state index contributed by atoms with van der Waals surface area (Å²) >= 11 is 0. The van der Waals surface area contributed by atoms with Crippen LogP contribution >= 0.6 is 0 Å². The lowest BCUT2D eigenvalue weighted by Crippen LogP contribution is -2.40. The molecule has 0 heterocycles. The highest BCUT2D eigenvalue weighted by molar-refractivity contribution is 5.95. The van der Waals surface area contributed by atoms with Gasteiger partial charge < -0.3 is 10.4 Å². The maximum absolute atomic E-state index is 12.0. The molecule has 1 aromatic rings. The van der Waals surface area contributed by atoms with Crippen LogP contribution in [0.1, 0.15) is 42.3 Å². The van der Waals surface area contributed by atoms with E-state index in [0.29, 0.717) is 5.56 Å². The van der Waals surface area contributed by atoms with Crippen LogP contribution in [0.2, 0.25) is 0 Å². The Balaban J connectivity index is 3.02. The Kier molecular flexibility index (Phi) is 4.48. The molecular formula is C15H19NO3. The number of amides is 1. The van der Waals surface area contributed by atoms with Crippen LogP contribution in [0, 0.1) is 6.92 Å². The molecule has 4 heteroatoms. The summed E-state index contributed by atoms with van der Waals surface area (Å²) in [5.41, 5.74) is 1.86. The van der Waals surface area contributed by atoms with Gasteiger partial charge in [-0.2, -0.15) is 0 Å². The Morgan fingerprint density at radius 2 is 1.89 bits per heavy atom. The molecule has 1 rings (SSSR count). The third kappa shape index (κ3) is 4.95. The van der Waals surface area contributed by atoms with Crippen LogP contribution in [0.25, 0.3) is 6.08 Å². The number of carboxylic acids is 1. The fraction of sp³-hybridized carbons (Fsp3) is 0.333. The van der Waals surface area contributed by atoms with Crippen molar-refractivity contribution in [2.45, 2.75) is 33.2 Å². The molecule has 0 aliphatic heterocycles. The summed E-state index contributed by atoms with van der Waals surface area (Å²) in [4.78, 5) is 22.5. The second kappa shape index (κ2) is 5.69. The highest BCUT2D eigenvalue weighted by Crippen LogP contribution is 2.14. The number of carbonyl (C=O) groups excluding carboxylic acids is 1. The summed E-state index contributed by atoms with van der Waals surface area (Å²) in [6, 6.07) is 5.23. The van der Waals surface area contributed by atoms with Crippen LogP contribution in [0.4, 0.5) is 0 Å². The fourth-order valence-corrected chi connectivity index (χ4v) is 1.54. The van der Waals surface area contributed by atoms with Gasteiger partial charge in [-0.25, -0.2) is 4.79 Å². The molecule has 0 bridgehead atoms. The zero-order valence-corrected chi connectivity index (χ0v) is 11.7. The molecule has 0 aliphatic rings. The normalized spacial score (nSPS) is 11.6. The summed E-state index contributed by atoms with van der Waals surface area (Å²) in [6.45, 7) is 7.59. The number of benzene rings is 1. The second-order valence-electron chi connectivity index (χ2n) is 5.45. The molecule has 0 aliphatic carbocycles. The highest BCUT2D eigenvalue weighted by Gasteiger charge is 2.15. The summed E-state index contributed by atoms with van der Waals surface area (Å²) < 4.78 is 0. The van der Waals surface area contributed by atoms with Crippen molar-refractivity contribution >= 4 is 18.0 Å². The van der Waals surface area contributed by atoms with E-state index in [1.807, 2.05) is 27.7 Å². The number of nitrogens with one attached hydrogen (secondary N) is 1. The minimum atomic E-state index is -1.01. The fourth-order valence-electron chi connectivity index (χ4n) is 1.54. The van der Waals surface area contributed by atoms with Gasteiger partial charge in [0.2, 0.25) is 0 Å². The van der Waals surface area contributed by atoms with Gasteiger partial charge in [-0.05, 0) is 57.0 Å². The van der Waals surface area contributed by atoms with Crippen LogP contribution < -0.4 is 5.32 Å². The zero-order chi connectivity index (χ0) is 14.6. The first-order chi connectivity index (χ1) is 8.69. The van der Waals surface area contributed by atoms with Gasteiger partial charge in [-0.3, -0.25) is 4.79 Å². The number of hydrogen-bond donors (Lipinski definition) is 2. The molecule has 4 nitrogen and oxygen atoms in total. The summed E-state index contributed by atoms with van der Waals surface area (Å²) in [5, 5.41) is 11.5. The molecule has 0 atom stereocenters. The Morgan fingerprint density at radius 1 is 1.26 bits per heavy atom. The van der Waals surface area contributed by atoms with Gasteiger partial charge in [0.05, 0.1) is 0 Å². The van der Waals surface area contributed by atoms with Crippen molar-refractivity contribution in [1.29, 1.82) is 0 Å². The summed E-state index contributed by atoms with van der Waals surface area (Å²) in [5.74, 6) is -1.18. The van der Waals surface area contributed by atoms with Crippen molar-refractivity contribution in [3.8, 4) is 0 Å². The van der Waals surface area contributed by atoms with Crippen LogP contribution in [-0.2, 0) is 4.79 Å². The molecule has 0 unspecified atom stereocenters. The lowest BCUT2D eigenvalue weighted by atomic mass is 10.0. The van der Waals surface area contributed by atoms with E-state index in [0.717, 1.165) is 17.2 Å². The minimum absolute atomic E-state index is 0.169. The molecule has 102 valence electrons. The Bertz CT molecular complexity index is 525. The van der Waals surface area contributed by atoms with Gasteiger partial charge >= 0.3 is 5.97 Å². The Morgan fingerprint density at radius 3 is 2.42 bits per heavy atom. The van der Waals surface area contributed by atoms with Crippen LogP contribution in [-0.4, -0.2) is 22.5 Å². The van der Waals surface area contributed by atoms with E-state index in [-0.39, 0.29) is 11.4 Å². The van der Waals surface area contributed by atoms with Crippen LogP contribution in [0.3, 0.4) is 0 Å². The predicted octanol–water partition coefficient (Wildman–Crippen LogP) is 2.62. The number of carboxylic acid groups (broad SMARTS) is 1. The molecular weight excluding hydrogens is 242 g/mol. The van der Waals surface area contributed by atoms with E-state index < -0.39 is 5.97 Å². The SMILES string of the molecule is Cc1ccc(C(=O)NC(C)(C)C)cc1/C=C/C(=O)O. The Hall–Kier alpha value is -2.10. The number of aliphatic carboxylic acids is 1. The van der Waals surface area contributed by atoms with Crippen molar-refractivity contribution in [1.82, 2.24) is 5.32 Å². The average Bonchev–Trinajstić information content (AvgIpc) is 2.25. The molecule has 0 radical (unpaired) electrons. The maximum atomic E-state index is 12.0. The van der Waals surface area contributed by atoms with Gasteiger partial charge in [0.1, 0.15) is 0 Å². The number of aryl methyl sites for hydroxylation is 1. The molecule has 0 fully saturated rings. The van der Waals surface area contributed by atoms with Gasteiger partial charge in [0.15, 0.2) is 0 Å². The minimum Gasteiger partial charge on any atom is -0.478 e. The average molecular weight is 261 g/mol. The highest BCUT2D eigenvalue weighted by atomic mass is 16.4. The first-order valence-electron chi connectivity index (χ1n) is 6.03. The van der Waals surface area contributed by atoms with Crippen LogP contribution in [0.5, 0.6) is 0 Å². The van der Waals surface area contributed by atoms with Crippen LogP contribution in [0.15, 0.2) is 24.3 Å². The third-order valence-electron chi connectivity index (χ3n) is 2.44. The van der Waals surface area contributed by atoms with Gasteiger partial charge in [-0.1, -0.05) is 6.07 Å². The molecule has 0 saturated heterocycles. The molecule has 19 heavy (non-hydrogen) atoms. The molecule has 0 saturated carbocycles. The third-order valence-corrected chi connectivity index (χ3v) is 2.44. The Labute approximate surface area is 113 Å². The van der Waals surface area contributed by atoms with E-state index in [4.69, 9.17) is 5.11 Å². The molecule has 2 N–H and O–H groups in total. The second-order valence-corrected chi connectivity index (χ2v) is 5.45. The number of carbonyl (C=O) groups is 2.